The average Bonchev–Trinajstić information content (AvgIpc) is 3.11. The molecule has 1 aromatic rings. The standard InChI is InChI=1S/C17H19ClN2O5/c18-12-3-1-2-11(10-12)15(21)19-6-8-20(9-7-19)16(22)13-4-5-14(25-13)17(23)24/h1-3,10,13-14H,4-9H2,(H,23,24)/t13-,14+/m0/s1. The molecule has 0 radical (unpaired) electrons. The molecule has 0 saturated carbocycles. The first-order valence-corrected chi connectivity index (χ1v) is 8.55. The summed E-state index contributed by atoms with van der Waals surface area (Å²) in [6, 6.07) is 6.77. The molecule has 0 bridgehead atoms. The number of ether oxygens (including phenoxy) is 1. The van der Waals surface area contributed by atoms with E-state index in [2.05, 4.69) is 0 Å². The van der Waals surface area contributed by atoms with Crippen molar-refractivity contribution in [2.24, 2.45) is 0 Å². The Labute approximate surface area is 150 Å². The van der Waals surface area contributed by atoms with Gasteiger partial charge in [-0.2, -0.15) is 0 Å². The molecule has 1 N–H and O–H groups in total. The third-order valence-corrected chi connectivity index (χ3v) is 4.76. The highest BCUT2D eigenvalue weighted by molar-refractivity contribution is 6.30. The number of carboxylic acid groups (broad SMARTS) is 1. The topological polar surface area (TPSA) is 87.2 Å². The predicted molar refractivity (Wildman–Crippen MR) is 89.5 cm³/mol. The van der Waals surface area contributed by atoms with Gasteiger partial charge in [-0.05, 0) is 31.0 Å². The number of amides is 2. The highest BCUT2D eigenvalue weighted by atomic mass is 35.5. The van der Waals surface area contributed by atoms with Gasteiger partial charge in [-0.1, -0.05) is 17.7 Å². The van der Waals surface area contributed by atoms with E-state index in [9.17, 15) is 14.4 Å². The fourth-order valence-electron chi connectivity index (χ4n) is 3.14. The fraction of sp³-hybridized carbons (Fsp3) is 0.471. The summed E-state index contributed by atoms with van der Waals surface area (Å²) in [5, 5.41) is 9.45. The van der Waals surface area contributed by atoms with E-state index >= 15 is 0 Å². The van der Waals surface area contributed by atoms with E-state index < -0.39 is 18.2 Å². The summed E-state index contributed by atoms with van der Waals surface area (Å²) in [6.45, 7) is 1.66. The zero-order valence-corrected chi connectivity index (χ0v) is 14.3. The number of rotatable bonds is 3. The second-order valence-corrected chi connectivity index (χ2v) is 6.59. The number of piperazine rings is 1. The van der Waals surface area contributed by atoms with Crippen LogP contribution in [0.2, 0.25) is 5.02 Å². The second kappa shape index (κ2) is 7.41. The predicted octanol–water partition coefficient (Wildman–Crippen LogP) is 1.26. The molecule has 2 amide bonds. The fourth-order valence-corrected chi connectivity index (χ4v) is 3.33. The third-order valence-electron chi connectivity index (χ3n) is 4.52. The van der Waals surface area contributed by atoms with Gasteiger partial charge >= 0.3 is 5.97 Å². The molecule has 2 heterocycles. The van der Waals surface area contributed by atoms with E-state index in [-0.39, 0.29) is 11.8 Å². The molecule has 3 rings (SSSR count). The Morgan fingerprint density at radius 3 is 2.28 bits per heavy atom. The molecule has 0 aliphatic carbocycles. The molecule has 2 fully saturated rings. The van der Waals surface area contributed by atoms with Crippen LogP contribution in [0.15, 0.2) is 24.3 Å². The molecule has 134 valence electrons. The first-order valence-electron chi connectivity index (χ1n) is 8.17. The maximum atomic E-state index is 12.5. The molecular formula is C17H19ClN2O5. The van der Waals surface area contributed by atoms with E-state index in [4.69, 9.17) is 21.4 Å². The molecule has 2 aliphatic heterocycles. The van der Waals surface area contributed by atoms with E-state index in [0.717, 1.165) is 0 Å². The van der Waals surface area contributed by atoms with Crippen molar-refractivity contribution in [2.75, 3.05) is 26.2 Å². The van der Waals surface area contributed by atoms with Crippen LogP contribution in [0.4, 0.5) is 0 Å². The normalized spacial score (nSPS) is 23.6. The summed E-state index contributed by atoms with van der Waals surface area (Å²) in [7, 11) is 0. The van der Waals surface area contributed by atoms with Crippen LogP contribution in [-0.2, 0) is 14.3 Å². The summed E-state index contributed by atoms with van der Waals surface area (Å²) in [4.78, 5) is 39.2. The van der Waals surface area contributed by atoms with Crippen LogP contribution in [0, 0.1) is 0 Å². The summed E-state index contributed by atoms with van der Waals surface area (Å²) >= 11 is 5.92. The van der Waals surface area contributed by atoms with Gasteiger partial charge in [0.1, 0.15) is 6.10 Å². The molecule has 25 heavy (non-hydrogen) atoms. The summed E-state index contributed by atoms with van der Waals surface area (Å²) < 4.78 is 5.31. The van der Waals surface area contributed by atoms with Gasteiger partial charge < -0.3 is 19.6 Å². The number of carbonyl (C=O) groups excluding carboxylic acids is 2. The lowest BCUT2D eigenvalue weighted by atomic mass is 10.1. The molecular weight excluding hydrogens is 348 g/mol. The van der Waals surface area contributed by atoms with Gasteiger partial charge in [0.2, 0.25) is 0 Å². The highest BCUT2D eigenvalue weighted by Gasteiger charge is 2.37. The minimum Gasteiger partial charge on any atom is -0.479 e. The van der Waals surface area contributed by atoms with Gasteiger partial charge in [0.15, 0.2) is 6.10 Å². The number of hydrogen-bond acceptors (Lipinski definition) is 4. The Morgan fingerprint density at radius 2 is 1.68 bits per heavy atom. The SMILES string of the molecule is O=C(O)[C@H]1CC[C@@H](C(=O)N2CCN(C(=O)c3cccc(Cl)c3)CC2)O1. The van der Waals surface area contributed by atoms with Crippen molar-refractivity contribution in [3.8, 4) is 0 Å². The van der Waals surface area contributed by atoms with Crippen molar-refractivity contribution in [3.63, 3.8) is 0 Å². The Morgan fingerprint density at radius 1 is 1.04 bits per heavy atom. The van der Waals surface area contributed by atoms with Gasteiger partial charge in [-0.25, -0.2) is 4.79 Å². The van der Waals surface area contributed by atoms with Crippen LogP contribution < -0.4 is 0 Å². The monoisotopic (exact) mass is 366 g/mol. The summed E-state index contributed by atoms with van der Waals surface area (Å²) in [5.74, 6) is -1.34. The second-order valence-electron chi connectivity index (χ2n) is 6.16. The van der Waals surface area contributed by atoms with Gasteiger partial charge in [-0.3, -0.25) is 9.59 Å². The maximum absolute atomic E-state index is 12.5. The molecule has 0 unspecified atom stereocenters. The lowest BCUT2D eigenvalue weighted by molar-refractivity contribution is -0.155. The Balaban J connectivity index is 1.54. The van der Waals surface area contributed by atoms with Gasteiger partial charge in [0.05, 0.1) is 0 Å². The number of hydrogen-bond donors (Lipinski definition) is 1. The average molecular weight is 367 g/mol. The van der Waals surface area contributed by atoms with Crippen molar-refractivity contribution < 1.29 is 24.2 Å². The van der Waals surface area contributed by atoms with Crippen LogP contribution in [-0.4, -0.2) is 71.1 Å². The Hall–Kier alpha value is -2.12. The lowest BCUT2D eigenvalue weighted by Crippen LogP contribution is -2.53. The molecule has 8 heteroatoms. The van der Waals surface area contributed by atoms with Crippen LogP contribution in [0.5, 0.6) is 0 Å². The van der Waals surface area contributed by atoms with E-state index in [1.807, 2.05) is 0 Å². The van der Waals surface area contributed by atoms with Crippen LogP contribution >= 0.6 is 11.6 Å². The van der Waals surface area contributed by atoms with Gasteiger partial charge in [0.25, 0.3) is 11.8 Å². The highest BCUT2D eigenvalue weighted by Crippen LogP contribution is 2.22. The minimum absolute atomic E-state index is 0.113. The number of aliphatic carboxylic acids is 1. The van der Waals surface area contributed by atoms with Crippen molar-refractivity contribution in [2.45, 2.75) is 25.0 Å². The number of nitrogens with zero attached hydrogens (tertiary/aromatic N) is 2. The zero-order chi connectivity index (χ0) is 18.0. The van der Waals surface area contributed by atoms with E-state index in [1.165, 1.54) is 0 Å². The summed E-state index contributed by atoms with van der Waals surface area (Å²) in [5.41, 5.74) is 0.524. The van der Waals surface area contributed by atoms with Crippen molar-refractivity contribution in [1.82, 2.24) is 9.80 Å². The van der Waals surface area contributed by atoms with Gasteiger partial charge in [-0.15, -0.1) is 0 Å². The van der Waals surface area contributed by atoms with Crippen LogP contribution in [0.1, 0.15) is 23.2 Å². The molecule has 2 atom stereocenters. The molecule has 0 spiro atoms. The van der Waals surface area contributed by atoms with E-state index in [0.29, 0.717) is 49.6 Å². The van der Waals surface area contributed by atoms with E-state index in [1.54, 1.807) is 34.1 Å². The Kier molecular flexibility index (Phi) is 5.24. The molecule has 1 aromatic carbocycles. The minimum atomic E-state index is -1.03. The number of halogens is 1. The quantitative estimate of drug-likeness (QED) is 0.870. The molecule has 2 aliphatic rings. The van der Waals surface area contributed by atoms with Gasteiger partial charge in [0, 0.05) is 36.8 Å². The zero-order valence-electron chi connectivity index (χ0n) is 13.6. The van der Waals surface area contributed by atoms with Crippen molar-refractivity contribution in [1.29, 1.82) is 0 Å². The Bertz CT molecular complexity index is 687. The number of carbonyl (C=O) groups is 3. The molecule has 2 saturated heterocycles. The smallest absolute Gasteiger partial charge is 0.332 e. The number of benzene rings is 1. The molecule has 0 aromatic heterocycles. The van der Waals surface area contributed by atoms with Crippen LogP contribution in [0.3, 0.4) is 0 Å². The van der Waals surface area contributed by atoms with Crippen molar-refractivity contribution in [3.05, 3.63) is 34.9 Å². The lowest BCUT2D eigenvalue weighted by Gasteiger charge is -2.35. The first-order chi connectivity index (χ1) is 12.0. The number of carboxylic acids is 1. The maximum Gasteiger partial charge on any atom is 0.332 e. The van der Waals surface area contributed by atoms with Crippen LogP contribution in [0.25, 0.3) is 0 Å². The summed E-state index contributed by atoms with van der Waals surface area (Å²) in [6.07, 6.45) is -0.841. The third kappa shape index (κ3) is 3.93. The molecule has 7 nitrogen and oxygen atoms in total. The first kappa shape index (κ1) is 17.7. The van der Waals surface area contributed by atoms with Crippen molar-refractivity contribution >= 4 is 29.4 Å². The largest absolute Gasteiger partial charge is 0.479 e.